The highest BCUT2D eigenvalue weighted by Crippen LogP contribution is 2.29. The third-order valence-corrected chi connectivity index (χ3v) is 4.03. The Morgan fingerprint density at radius 3 is 2.52 bits per heavy atom. The summed E-state index contributed by atoms with van der Waals surface area (Å²) >= 11 is 0. The highest BCUT2D eigenvalue weighted by atomic mass is 19.1. The van der Waals surface area contributed by atoms with E-state index in [1.807, 2.05) is 0 Å². The predicted molar refractivity (Wildman–Crippen MR) is 106 cm³/mol. The normalized spacial score (nSPS) is 10.8. The minimum Gasteiger partial charge on any atom is -0.463 e. The molecule has 0 fully saturated rings. The van der Waals surface area contributed by atoms with Gasteiger partial charge in [0.25, 0.3) is 5.91 Å². The first-order valence-electron chi connectivity index (χ1n) is 9.23. The SMILES string of the molecule is CC(C)OC(=O)CCNC(=O)c1ccccc1-c1ncc(-c2ccccc2F)o1. The largest absolute Gasteiger partial charge is 0.463 e. The van der Waals surface area contributed by atoms with Gasteiger partial charge in [-0.1, -0.05) is 24.3 Å². The standard InChI is InChI=1S/C22H21FN2O4/c1-14(2)28-20(26)11-12-24-21(27)15-7-3-4-8-16(15)22-25-13-19(29-22)17-9-5-6-10-18(17)23/h3-10,13-14H,11-12H2,1-2H3,(H,24,27). The van der Waals surface area contributed by atoms with Crippen LogP contribution in [0.4, 0.5) is 4.39 Å². The van der Waals surface area contributed by atoms with Crippen molar-refractivity contribution in [2.45, 2.75) is 26.4 Å². The van der Waals surface area contributed by atoms with E-state index in [4.69, 9.17) is 9.15 Å². The Kier molecular flexibility index (Phi) is 6.39. The molecule has 0 spiro atoms. The quantitative estimate of drug-likeness (QED) is 0.605. The first kappa shape index (κ1) is 20.3. The summed E-state index contributed by atoms with van der Waals surface area (Å²) in [5.74, 6) is -0.702. The molecule has 0 radical (unpaired) electrons. The topological polar surface area (TPSA) is 81.4 Å². The number of benzene rings is 2. The molecule has 3 rings (SSSR count). The summed E-state index contributed by atoms with van der Waals surface area (Å²) in [4.78, 5) is 28.4. The van der Waals surface area contributed by atoms with Crippen LogP contribution in [-0.2, 0) is 9.53 Å². The molecule has 0 aliphatic carbocycles. The summed E-state index contributed by atoms with van der Waals surface area (Å²) in [7, 11) is 0. The number of ether oxygens (including phenoxy) is 1. The monoisotopic (exact) mass is 396 g/mol. The molecule has 2 aromatic carbocycles. The summed E-state index contributed by atoms with van der Waals surface area (Å²) in [6.07, 6.45) is 1.29. The highest BCUT2D eigenvalue weighted by Gasteiger charge is 2.18. The van der Waals surface area contributed by atoms with Crippen LogP contribution in [0.15, 0.2) is 59.1 Å². The maximum absolute atomic E-state index is 14.0. The molecule has 1 aromatic heterocycles. The van der Waals surface area contributed by atoms with E-state index in [0.717, 1.165) is 0 Å². The number of nitrogens with one attached hydrogen (secondary N) is 1. The number of oxazole rings is 1. The first-order chi connectivity index (χ1) is 14.0. The van der Waals surface area contributed by atoms with Crippen LogP contribution in [0.3, 0.4) is 0 Å². The third kappa shape index (κ3) is 5.07. The van der Waals surface area contributed by atoms with Crippen molar-refractivity contribution in [3.05, 3.63) is 66.1 Å². The smallest absolute Gasteiger partial charge is 0.307 e. The minimum absolute atomic E-state index is 0.0719. The highest BCUT2D eigenvalue weighted by molar-refractivity contribution is 6.00. The maximum Gasteiger partial charge on any atom is 0.307 e. The van der Waals surface area contributed by atoms with Gasteiger partial charge >= 0.3 is 5.97 Å². The van der Waals surface area contributed by atoms with Crippen LogP contribution in [0.1, 0.15) is 30.6 Å². The van der Waals surface area contributed by atoms with Crippen molar-refractivity contribution in [1.29, 1.82) is 0 Å². The molecule has 0 aliphatic rings. The van der Waals surface area contributed by atoms with Crippen molar-refractivity contribution in [2.75, 3.05) is 6.54 Å². The number of hydrogen-bond donors (Lipinski definition) is 1. The Balaban J connectivity index is 1.75. The van der Waals surface area contributed by atoms with Gasteiger partial charge in [-0.2, -0.15) is 0 Å². The molecule has 0 bridgehead atoms. The van der Waals surface area contributed by atoms with E-state index in [1.165, 1.54) is 12.3 Å². The van der Waals surface area contributed by atoms with Gasteiger partial charge in [0.2, 0.25) is 5.89 Å². The van der Waals surface area contributed by atoms with Crippen LogP contribution in [0.25, 0.3) is 22.8 Å². The lowest BCUT2D eigenvalue weighted by molar-refractivity contribution is -0.147. The predicted octanol–water partition coefficient (Wildman–Crippen LogP) is 4.22. The molecule has 0 atom stereocenters. The van der Waals surface area contributed by atoms with Gasteiger partial charge in [-0.05, 0) is 38.1 Å². The lowest BCUT2D eigenvalue weighted by Crippen LogP contribution is -2.27. The second-order valence-corrected chi connectivity index (χ2v) is 6.60. The van der Waals surface area contributed by atoms with Crippen LogP contribution >= 0.6 is 0 Å². The van der Waals surface area contributed by atoms with Crippen molar-refractivity contribution in [2.24, 2.45) is 0 Å². The van der Waals surface area contributed by atoms with Gasteiger partial charge in [0.15, 0.2) is 5.76 Å². The van der Waals surface area contributed by atoms with Crippen molar-refractivity contribution >= 4 is 11.9 Å². The maximum atomic E-state index is 14.0. The molecule has 6 nitrogen and oxygen atoms in total. The van der Waals surface area contributed by atoms with E-state index in [2.05, 4.69) is 10.3 Å². The molecule has 150 valence electrons. The van der Waals surface area contributed by atoms with Crippen LogP contribution in [0.5, 0.6) is 0 Å². The Morgan fingerprint density at radius 1 is 1.10 bits per heavy atom. The van der Waals surface area contributed by atoms with Gasteiger partial charge < -0.3 is 14.5 Å². The van der Waals surface area contributed by atoms with Crippen molar-refractivity contribution < 1.29 is 23.1 Å². The Morgan fingerprint density at radius 2 is 1.79 bits per heavy atom. The molecular weight excluding hydrogens is 375 g/mol. The summed E-state index contributed by atoms with van der Waals surface area (Å²) in [5, 5.41) is 2.69. The number of rotatable bonds is 7. The second kappa shape index (κ2) is 9.14. The van der Waals surface area contributed by atoms with Crippen molar-refractivity contribution in [3.63, 3.8) is 0 Å². The molecular formula is C22H21FN2O4. The molecule has 1 N–H and O–H groups in total. The summed E-state index contributed by atoms with van der Waals surface area (Å²) in [6, 6.07) is 13.0. The van der Waals surface area contributed by atoms with Gasteiger partial charge in [0, 0.05) is 12.1 Å². The number of nitrogens with zero attached hydrogens (tertiary/aromatic N) is 1. The third-order valence-electron chi connectivity index (χ3n) is 4.03. The average molecular weight is 396 g/mol. The fourth-order valence-electron chi connectivity index (χ4n) is 2.75. The van der Waals surface area contributed by atoms with E-state index in [9.17, 15) is 14.0 Å². The zero-order chi connectivity index (χ0) is 20.8. The number of halogens is 1. The Hall–Kier alpha value is -3.48. The van der Waals surface area contributed by atoms with E-state index in [1.54, 1.807) is 56.3 Å². The molecule has 3 aromatic rings. The van der Waals surface area contributed by atoms with Gasteiger partial charge in [0.1, 0.15) is 5.82 Å². The van der Waals surface area contributed by atoms with E-state index < -0.39 is 5.82 Å². The number of carbonyl (C=O) groups excluding carboxylic acids is 2. The van der Waals surface area contributed by atoms with Crippen LogP contribution in [0.2, 0.25) is 0 Å². The molecule has 1 heterocycles. The lowest BCUT2D eigenvalue weighted by Gasteiger charge is -2.10. The Bertz CT molecular complexity index is 1010. The first-order valence-corrected chi connectivity index (χ1v) is 9.23. The summed E-state index contributed by atoms with van der Waals surface area (Å²) in [6.45, 7) is 3.67. The molecule has 29 heavy (non-hydrogen) atoms. The zero-order valence-electron chi connectivity index (χ0n) is 16.1. The fourth-order valence-corrected chi connectivity index (χ4v) is 2.75. The zero-order valence-corrected chi connectivity index (χ0v) is 16.1. The Labute approximate surface area is 167 Å². The van der Waals surface area contributed by atoms with E-state index in [-0.39, 0.29) is 48.2 Å². The number of aromatic nitrogens is 1. The summed E-state index contributed by atoms with van der Waals surface area (Å²) < 4.78 is 24.7. The number of hydrogen-bond acceptors (Lipinski definition) is 5. The van der Waals surface area contributed by atoms with E-state index >= 15 is 0 Å². The molecule has 0 aliphatic heterocycles. The number of amides is 1. The number of esters is 1. The van der Waals surface area contributed by atoms with Gasteiger partial charge in [-0.25, -0.2) is 9.37 Å². The van der Waals surface area contributed by atoms with Gasteiger partial charge in [0.05, 0.1) is 29.8 Å². The molecule has 0 unspecified atom stereocenters. The average Bonchev–Trinajstić information content (AvgIpc) is 3.17. The molecule has 1 amide bonds. The fraction of sp³-hybridized carbons (Fsp3) is 0.227. The minimum atomic E-state index is -0.422. The van der Waals surface area contributed by atoms with Crippen LogP contribution in [0, 0.1) is 5.82 Å². The van der Waals surface area contributed by atoms with Crippen LogP contribution < -0.4 is 5.32 Å². The molecule has 0 saturated carbocycles. The van der Waals surface area contributed by atoms with Crippen molar-refractivity contribution in [3.8, 4) is 22.8 Å². The molecule has 7 heteroatoms. The summed E-state index contributed by atoms with van der Waals surface area (Å²) in [5.41, 5.74) is 1.10. The van der Waals surface area contributed by atoms with Gasteiger partial charge in [-0.15, -0.1) is 0 Å². The number of carbonyl (C=O) groups is 2. The lowest BCUT2D eigenvalue weighted by atomic mass is 10.1. The second-order valence-electron chi connectivity index (χ2n) is 6.60. The van der Waals surface area contributed by atoms with Crippen LogP contribution in [-0.4, -0.2) is 29.5 Å². The van der Waals surface area contributed by atoms with Gasteiger partial charge in [-0.3, -0.25) is 9.59 Å². The van der Waals surface area contributed by atoms with E-state index in [0.29, 0.717) is 11.1 Å². The van der Waals surface area contributed by atoms with Crippen molar-refractivity contribution in [1.82, 2.24) is 10.3 Å². The molecule has 0 saturated heterocycles.